The molecular formula is C16H18O3. The second-order valence-corrected chi connectivity index (χ2v) is 6.33. The summed E-state index contributed by atoms with van der Waals surface area (Å²) in [4.78, 5) is 0. The summed E-state index contributed by atoms with van der Waals surface area (Å²) >= 11 is 0. The Morgan fingerprint density at radius 2 is 1.68 bits per heavy atom. The molecule has 3 fully saturated rings. The van der Waals surface area contributed by atoms with Gasteiger partial charge in [0.2, 0.25) is 0 Å². The SMILES string of the molecule is c1ccc2c(c1)[C@H]1O[C@H]1C21CCC2(CC1)OCCO2. The van der Waals surface area contributed by atoms with Gasteiger partial charge in [0.15, 0.2) is 5.79 Å². The maximum atomic E-state index is 5.94. The molecule has 0 aromatic heterocycles. The third-order valence-electron chi connectivity index (χ3n) is 5.56. The lowest BCUT2D eigenvalue weighted by molar-refractivity contribution is -0.186. The van der Waals surface area contributed by atoms with Gasteiger partial charge in [-0.05, 0) is 24.0 Å². The first kappa shape index (κ1) is 10.8. The molecule has 1 aromatic rings. The van der Waals surface area contributed by atoms with E-state index in [0.29, 0.717) is 12.2 Å². The van der Waals surface area contributed by atoms with Crippen molar-refractivity contribution in [3.63, 3.8) is 0 Å². The summed E-state index contributed by atoms with van der Waals surface area (Å²) in [6.45, 7) is 1.51. The molecule has 3 nitrogen and oxygen atoms in total. The smallest absolute Gasteiger partial charge is 0.168 e. The van der Waals surface area contributed by atoms with E-state index in [1.54, 1.807) is 0 Å². The van der Waals surface area contributed by atoms with Gasteiger partial charge in [0.1, 0.15) is 6.10 Å². The van der Waals surface area contributed by atoms with Crippen LogP contribution in [0.25, 0.3) is 0 Å². The summed E-state index contributed by atoms with van der Waals surface area (Å²) in [7, 11) is 0. The zero-order valence-electron chi connectivity index (χ0n) is 10.9. The fourth-order valence-electron chi connectivity index (χ4n) is 4.54. The van der Waals surface area contributed by atoms with Crippen LogP contribution in [-0.2, 0) is 19.6 Å². The van der Waals surface area contributed by atoms with Crippen molar-refractivity contribution in [1.82, 2.24) is 0 Å². The van der Waals surface area contributed by atoms with Crippen LogP contribution in [0.1, 0.15) is 42.9 Å². The first-order valence-electron chi connectivity index (χ1n) is 7.36. The Morgan fingerprint density at radius 3 is 2.47 bits per heavy atom. The lowest BCUT2D eigenvalue weighted by atomic mass is 9.68. The maximum absolute atomic E-state index is 5.94. The van der Waals surface area contributed by atoms with Crippen molar-refractivity contribution in [2.24, 2.45) is 0 Å². The minimum absolute atomic E-state index is 0.238. The largest absolute Gasteiger partial charge is 0.364 e. The zero-order chi connectivity index (χ0) is 12.5. The molecule has 4 aliphatic rings. The maximum Gasteiger partial charge on any atom is 0.168 e. The van der Waals surface area contributed by atoms with Gasteiger partial charge in [0, 0.05) is 18.3 Å². The summed E-state index contributed by atoms with van der Waals surface area (Å²) in [6.07, 6.45) is 5.07. The van der Waals surface area contributed by atoms with E-state index >= 15 is 0 Å². The molecule has 1 aromatic carbocycles. The van der Waals surface area contributed by atoms with Crippen molar-refractivity contribution in [3.05, 3.63) is 35.4 Å². The second-order valence-electron chi connectivity index (χ2n) is 6.33. The average Bonchev–Trinajstić information content (AvgIpc) is 3.07. The average molecular weight is 258 g/mol. The molecule has 2 aliphatic heterocycles. The van der Waals surface area contributed by atoms with E-state index in [4.69, 9.17) is 14.2 Å². The van der Waals surface area contributed by atoms with Crippen LogP contribution >= 0.6 is 0 Å². The monoisotopic (exact) mass is 258 g/mol. The molecule has 2 spiro atoms. The summed E-state index contributed by atoms with van der Waals surface area (Å²) < 4.78 is 17.7. The van der Waals surface area contributed by atoms with E-state index in [9.17, 15) is 0 Å². The van der Waals surface area contributed by atoms with Gasteiger partial charge in [0.25, 0.3) is 0 Å². The van der Waals surface area contributed by atoms with Gasteiger partial charge in [-0.2, -0.15) is 0 Å². The molecule has 5 rings (SSSR count). The molecule has 0 bridgehead atoms. The third kappa shape index (κ3) is 1.28. The minimum Gasteiger partial charge on any atom is -0.364 e. The highest BCUT2D eigenvalue weighted by molar-refractivity contribution is 5.48. The van der Waals surface area contributed by atoms with Gasteiger partial charge in [-0.3, -0.25) is 0 Å². The molecule has 19 heavy (non-hydrogen) atoms. The van der Waals surface area contributed by atoms with Gasteiger partial charge in [-0.1, -0.05) is 24.3 Å². The van der Waals surface area contributed by atoms with Crippen molar-refractivity contribution < 1.29 is 14.2 Å². The van der Waals surface area contributed by atoms with E-state index in [1.165, 1.54) is 11.1 Å². The van der Waals surface area contributed by atoms with Crippen LogP contribution in [0.3, 0.4) is 0 Å². The van der Waals surface area contributed by atoms with Gasteiger partial charge in [-0.25, -0.2) is 0 Å². The fourth-order valence-corrected chi connectivity index (χ4v) is 4.54. The lowest BCUT2D eigenvalue weighted by Crippen LogP contribution is -2.44. The summed E-state index contributed by atoms with van der Waals surface area (Å²) in [6, 6.07) is 8.84. The highest BCUT2D eigenvalue weighted by Crippen LogP contribution is 2.64. The van der Waals surface area contributed by atoms with Crippen molar-refractivity contribution in [2.75, 3.05) is 13.2 Å². The van der Waals surface area contributed by atoms with Crippen LogP contribution in [0.2, 0.25) is 0 Å². The zero-order valence-corrected chi connectivity index (χ0v) is 10.9. The van der Waals surface area contributed by atoms with Crippen molar-refractivity contribution in [1.29, 1.82) is 0 Å². The summed E-state index contributed by atoms with van der Waals surface area (Å²) in [5.74, 6) is -0.271. The molecule has 2 aliphatic carbocycles. The highest BCUT2D eigenvalue weighted by atomic mass is 16.7. The summed E-state index contributed by atoms with van der Waals surface area (Å²) in [5, 5.41) is 0. The van der Waals surface area contributed by atoms with E-state index in [0.717, 1.165) is 38.9 Å². The Kier molecular flexibility index (Phi) is 1.94. The van der Waals surface area contributed by atoms with Crippen LogP contribution in [0.15, 0.2) is 24.3 Å². The van der Waals surface area contributed by atoms with Crippen molar-refractivity contribution >= 4 is 0 Å². The standard InChI is InChI=1S/C16H18O3/c1-2-4-12-11(3-1)13-14(19-13)15(12)5-7-16(8-6-15)17-9-10-18-16/h1-4,13-14H,5-10H2/t13-,14-/m1/s1. The Balaban J connectivity index is 1.51. The molecule has 2 saturated heterocycles. The number of ether oxygens (including phenoxy) is 3. The number of rotatable bonds is 0. The Labute approximate surface area is 112 Å². The number of epoxide rings is 1. The first-order chi connectivity index (χ1) is 9.33. The Bertz CT molecular complexity index is 523. The molecule has 3 heteroatoms. The molecule has 1 saturated carbocycles. The van der Waals surface area contributed by atoms with Crippen LogP contribution < -0.4 is 0 Å². The van der Waals surface area contributed by atoms with Gasteiger partial charge in [-0.15, -0.1) is 0 Å². The molecule has 0 unspecified atom stereocenters. The predicted molar refractivity (Wildman–Crippen MR) is 68.8 cm³/mol. The quantitative estimate of drug-likeness (QED) is 0.670. The second kappa shape index (κ2) is 3.40. The van der Waals surface area contributed by atoms with Crippen LogP contribution in [0.4, 0.5) is 0 Å². The van der Waals surface area contributed by atoms with E-state index in [2.05, 4.69) is 24.3 Å². The molecule has 2 heterocycles. The predicted octanol–water partition coefficient (Wildman–Crippen LogP) is 2.70. The van der Waals surface area contributed by atoms with Gasteiger partial charge in [0.05, 0.1) is 19.3 Å². The molecule has 0 radical (unpaired) electrons. The van der Waals surface area contributed by atoms with Crippen LogP contribution in [-0.4, -0.2) is 25.1 Å². The van der Waals surface area contributed by atoms with Crippen LogP contribution in [0, 0.1) is 0 Å². The third-order valence-corrected chi connectivity index (χ3v) is 5.56. The molecule has 2 atom stereocenters. The van der Waals surface area contributed by atoms with Gasteiger partial charge >= 0.3 is 0 Å². The normalized spacial score (nSPS) is 36.4. The topological polar surface area (TPSA) is 31.0 Å². The molecule has 0 N–H and O–H groups in total. The van der Waals surface area contributed by atoms with Crippen LogP contribution in [0.5, 0.6) is 0 Å². The number of benzene rings is 1. The Morgan fingerprint density at radius 1 is 0.947 bits per heavy atom. The van der Waals surface area contributed by atoms with E-state index in [1.807, 2.05) is 0 Å². The summed E-state index contributed by atoms with van der Waals surface area (Å²) in [5.41, 5.74) is 3.20. The highest BCUT2D eigenvalue weighted by Gasteiger charge is 2.64. The molecule has 100 valence electrons. The number of hydrogen-bond acceptors (Lipinski definition) is 3. The fraction of sp³-hybridized carbons (Fsp3) is 0.625. The van der Waals surface area contributed by atoms with E-state index < -0.39 is 0 Å². The Hall–Kier alpha value is -0.900. The molecular weight excluding hydrogens is 240 g/mol. The van der Waals surface area contributed by atoms with Gasteiger partial charge < -0.3 is 14.2 Å². The number of hydrogen-bond donors (Lipinski definition) is 0. The van der Waals surface area contributed by atoms with Crippen molar-refractivity contribution in [3.8, 4) is 0 Å². The lowest BCUT2D eigenvalue weighted by Gasteiger charge is -2.42. The number of fused-ring (bicyclic) bond motifs is 5. The van der Waals surface area contributed by atoms with E-state index in [-0.39, 0.29) is 11.2 Å². The first-order valence-corrected chi connectivity index (χ1v) is 7.36. The minimum atomic E-state index is -0.271. The van der Waals surface area contributed by atoms with Crippen molar-refractivity contribution in [2.45, 2.75) is 49.1 Å². The molecule has 0 amide bonds.